The van der Waals surface area contributed by atoms with Gasteiger partial charge in [-0.05, 0) is 13.3 Å². The third-order valence-corrected chi connectivity index (χ3v) is 4.32. The minimum absolute atomic E-state index is 0.0272. The SMILES string of the molecule is CCC(C)(CO)NC(=O)c1cnc2n(c1=O)CCS2. The van der Waals surface area contributed by atoms with E-state index in [9.17, 15) is 14.7 Å². The molecule has 0 fully saturated rings. The van der Waals surface area contributed by atoms with Crippen LogP contribution in [0.15, 0.2) is 16.1 Å². The molecule has 0 saturated carbocycles. The molecule has 2 rings (SSSR count). The van der Waals surface area contributed by atoms with Gasteiger partial charge in [-0.3, -0.25) is 14.2 Å². The first-order chi connectivity index (χ1) is 9.00. The second kappa shape index (κ2) is 5.34. The second-order valence-corrected chi connectivity index (χ2v) is 5.85. The van der Waals surface area contributed by atoms with Gasteiger partial charge in [0, 0.05) is 18.5 Å². The van der Waals surface area contributed by atoms with E-state index in [1.807, 2.05) is 6.92 Å². The summed E-state index contributed by atoms with van der Waals surface area (Å²) in [6.45, 7) is 4.00. The number of carbonyl (C=O) groups excluding carboxylic acids is 1. The van der Waals surface area contributed by atoms with Crippen LogP contribution in [0.3, 0.4) is 0 Å². The molecular weight excluding hydrogens is 266 g/mol. The van der Waals surface area contributed by atoms with Gasteiger partial charge in [-0.25, -0.2) is 4.98 Å². The molecule has 1 aromatic rings. The van der Waals surface area contributed by atoms with Crippen molar-refractivity contribution in [2.75, 3.05) is 12.4 Å². The molecule has 0 spiro atoms. The van der Waals surface area contributed by atoms with E-state index in [-0.39, 0.29) is 17.7 Å². The number of nitrogens with one attached hydrogen (secondary N) is 1. The summed E-state index contributed by atoms with van der Waals surface area (Å²) >= 11 is 1.50. The molecule has 0 bridgehead atoms. The van der Waals surface area contributed by atoms with Gasteiger partial charge in [0.25, 0.3) is 11.5 Å². The van der Waals surface area contributed by atoms with Crippen LogP contribution in [0.1, 0.15) is 30.6 Å². The van der Waals surface area contributed by atoms with Crippen molar-refractivity contribution >= 4 is 17.7 Å². The summed E-state index contributed by atoms with van der Waals surface area (Å²) in [5.74, 6) is 0.319. The van der Waals surface area contributed by atoms with Crippen LogP contribution < -0.4 is 10.9 Å². The summed E-state index contributed by atoms with van der Waals surface area (Å²) in [7, 11) is 0. The van der Waals surface area contributed by atoms with Crippen LogP contribution in [0.2, 0.25) is 0 Å². The van der Waals surface area contributed by atoms with Crippen LogP contribution in [-0.4, -0.2) is 38.5 Å². The highest BCUT2D eigenvalue weighted by atomic mass is 32.2. The van der Waals surface area contributed by atoms with E-state index < -0.39 is 11.4 Å². The molecule has 1 atom stereocenters. The van der Waals surface area contributed by atoms with E-state index in [1.54, 1.807) is 6.92 Å². The van der Waals surface area contributed by atoms with Crippen LogP contribution in [0.4, 0.5) is 0 Å². The summed E-state index contributed by atoms with van der Waals surface area (Å²) in [5.41, 5.74) is -1.01. The van der Waals surface area contributed by atoms with E-state index in [4.69, 9.17) is 0 Å². The molecule has 19 heavy (non-hydrogen) atoms. The topological polar surface area (TPSA) is 84.2 Å². The maximum Gasteiger partial charge on any atom is 0.267 e. The lowest BCUT2D eigenvalue weighted by Crippen LogP contribution is -2.49. The van der Waals surface area contributed by atoms with Crippen molar-refractivity contribution in [2.24, 2.45) is 0 Å². The molecular formula is C12H17N3O3S. The molecule has 0 aromatic carbocycles. The summed E-state index contributed by atoms with van der Waals surface area (Å²) in [6.07, 6.45) is 1.89. The Hall–Kier alpha value is -1.34. The Morgan fingerprint density at radius 1 is 1.68 bits per heavy atom. The molecule has 0 saturated heterocycles. The van der Waals surface area contributed by atoms with Gasteiger partial charge in [0.1, 0.15) is 5.56 Å². The minimum Gasteiger partial charge on any atom is -0.394 e. The molecule has 1 unspecified atom stereocenters. The molecule has 0 radical (unpaired) electrons. The van der Waals surface area contributed by atoms with Crippen LogP contribution in [0.5, 0.6) is 0 Å². The van der Waals surface area contributed by atoms with E-state index in [0.717, 1.165) is 5.75 Å². The number of aliphatic hydroxyl groups is 1. The highest BCUT2D eigenvalue weighted by molar-refractivity contribution is 7.99. The van der Waals surface area contributed by atoms with Crippen molar-refractivity contribution in [2.45, 2.75) is 37.5 Å². The van der Waals surface area contributed by atoms with Crippen molar-refractivity contribution in [3.05, 3.63) is 22.1 Å². The number of hydrogen-bond acceptors (Lipinski definition) is 5. The van der Waals surface area contributed by atoms with Gasteiger partial charge in [0.2, 0.25) is 0 Å². The predicted octanol–water partition coefficient (Wildman–Crippen LogP) is 0.240. The predicted molar refractivity (Wildman–Crippen MR) is 72.5 cm³/mol. The van der Waals surface area contributed by atoms with Crippen molar-refractivity contribution in [3.8, 4) is 0 Å². The second-order valence-electron chi connectivity index (χ2n) is 4.79. The fourth-order valence-corrected chi connectivity index (χ4v) is 2.67. The molecule has 1 aliphatic heterocycles. The lowest BCUT2D eigenvalue weighted by atomic mass is 10.00. The fraction of sp³-hybridized carbons (Fsp3) is 0.583. The quantitative estimate of drug-likeness (QED) is 0.773. The zero-order chi connectivity index (χ0) is 14.0. The highest BCUT2D eigenvalue weighted by Gasteiger charge is 2.26. The molecule has 2 N–H and O–H groups in total. The number of amides is 1. The molecule has 2 heterocycles. The molecule has 0 aliphatic carbocycles. The smallest absolute Gasteiger partial charge is 0.267 e. The number of thioether (sulfide) groups is 1. The van der Waals surface area contributed by atoms with E-state index in [2.05, 4.69) is 10.3 Å². The molecule has 1 aromatic heterocycles. The van der Waals surface area contributed by atoms with Gasteiger partial charge >= 0.3 is 0 Å². The van der Waals surface area contributed by atoms with Gasteiger partial charge in [-0.1, -0.05) is 18.7 Å². The maximum atomic E-state index is 12.2. The number of nitrogens with zero attached hydrogens (tertiary/aromatic N) is 2. The first-order valence-corrected chi connectivity index (χ1v) is 7.15. The number of fused-ring (bicyclic) bond motifs is 1. The lowest BCUT2D eigenvalue weighted by molar-refractivity contribution is 0.0844. The van der Waals surface area contributed by atoms with Crippen LogP contribution in [0.25, 0.3) is 0 Å². The Bertz CT molecular complexity index is 552. The molecule has 7 heteroatoms. The van der Waals surface area contributed by atoms with Gasteiger partial charge in [0.05, 0.1) is 12.1 Å². The largest absolute Gasteiger partial charge is 0.394 e. The molecule has 1 amide bonds. The standard InChI is InChI=1S/C12H17N3O3S/c1-3-12(2,7-16)14-9(17)8-6-13-11-15(10(8)18)4-5-19-11/h6,16H,3-5,7H2,1-2H3,(H,14,17). The summed E-state index contributed by atoms with van der Waals surface area (Å²) in [4.78, 5) is 28.4. The highest BCUT2D eigenvalue weighted by Crippen LogP contribution is 2.20. The zero-order valence-electron chi connectivity index (χ0n) is 11.0. The summed E-state index contributed by atoms with van der Waals surface area (Å²) in [6, 6.07) is 0. The Morgan fingerprint density at radius 2 is 2.42 bits per heavy atom. The van der Waals surface area contributed by atoms with E-state index in [0.29, 0.717) is 18.1 Å². The van der Waals surface area contributed by atoms with Crippen molar-refractivity contribution in [3.63, 3.8) is 0 Å². The first kappa shape index (κ1) is 14.1. The van der Waals surface area contributed by atoms with E-state index in [1.165, 1.54) is 22.5 Å². The normalized spacial score (nSPS) is 16.8. The Labute approximate surface area is 115 Å². The number of aromatic nitrogens is 2. The monoisotopic (exact) mass is 283 g/mol. The van der Waals surface area contributed by atoms with Crippen molar-refractivity contribution in [1.29, 1.82) is 0 Å². The third-order valence-electron chi connectivity index (χ3n) is 3.35. The number of rotatable bonds is 4. The van der Waals surface area contributed by atoms with Gasteiger partial charge < -0.3 is 10.4 Å². The van der Waals surface area contributed by atoms with Gasteiger partial charge in [-0.2, -0.15) is 0 Å². The van der Waals surface area contributed by atoms with Crippen LogP contribution >= 0.6 is 11.8 Å². The average molecular weight is 283 g/mol. The third kappa shape index (κ3) is 2.66. The van der Waals surface area contributed by atoms with E-state index >= 15 is 0 Å². The van der Waals surface area contributed by atoms with Crippen LogP contribution in [-0.2, 0) is 6.54 Å². The minimum atomic E-state index is -0.720. The molecule has 6 nitrogen and oxygen atoms in total. The number of carbonyl (C=O) groups is 1. The fourth-order valence-electron chi connectivity index (χ4n) is 1.75. The average Bonchev–Trinajstić information content (AvgIpc) is 2.88. The number of hydrogen-bond donors (Lipinski definition) is 2. The Kier molecular flexibility index (Phi) is 3.96. The molecule has 1 aliphatic rings. The van der Waals surface area contributed by atoms with Crippen molar-refractivity contribution < 1.29 is 9.90 Å². The zero-order valence-corrected chi connectivity index (χ0v) is 11.8. The van der Waals surface area contributed by atoms with Crippen molar-refractivity contribution in [1.82, 2.24) is 14.9 Å². The number of aliphatic hydroxyl groups excluding tert-OH is 1. The first-order valence-electron chi connectivity index (χ1n) is 6.17. The summed E-state index contributed by atoms with van der Waals surface area (Å²) < 4.78 is 1.52. The Morgan fingerprint density at radius 3 is 3.05 bits per heavy atom. The maximum absolute atomic E-state index is 12.2. The molecule has 104 valence electrons. The lowest BCUT2D eigenvalue weighted by Gasteiger charge is -2.27. The summed E-state index contributed by atoms with van der Waals surface area (Å²) in [5, 5.41) is 12.6. The van der Waals surface area contributed by atoms with Crippen LogP contribution in [0, 0.1) is 0 Å². The Balaban J connectivity index is 2.28. The van der Waals surface area contributed by atoms with Gasteiger partial charge in [-0.15, -0.1) is 0 Å². The van der Waals surface area contributed by atoms with Gasteiger partial charge in [0.15, 0.2) is 5.16 Å².